The maximum atomic E-state index is 12.8. The van der Waals surface area contributed by atoms with Gasteiger partial charge < -0.3 is 5.32 Å². The predicted molar refractivity (Wildman–Crippen MR) is 121 cm³/mol. The molecule has 1 saturated heterocycles. The summed E-state index contributed by atoms with van der Waals surface area (Å²) >= 11 is 6.21. The Morgan fingerprint density at radius 1 is 0.968 bits per heavy atom. The first-order valence-corrected chi connectivity index (χ1v) is 11.8. The third kappa shape index (κ3) is 4.95. The fraction of sp³-hybridized carbons (Fsp3) is 0.217. The van der Waals surface area contributed by atoms with Crippen LogP contribution in [0, 0.1) is 0 Å². The standard InChI is InChI=1S/C23H22ClN3O3S/c24-22-8-7-20(31(29,30)27-13-1-2-14-27)16-21(22)23(28)26-19-5-3-17(4-6-19)15-18-9-11-25-12-10-18/h3-12,16H,1-2,13-15H2,(H,26,28). The number of carbonyl (C=O) groups is 1. The molecule has 160 valence electrons. The summed E-state index contributed by atoms with van der Waals surface area (Å²) in [5.41, 5.74) is 2.98. The smallest absolute Gasteiger partial charge is 0.257 e. The third-order valence-corrected chi connectivity index (χ3v) is 7.48. The van der Waals surface area contributed by atoms with Crippen LogP contribution in [0.15, 0.2) is 71.9 Å². The molecule has 3 aromatic rings. The summed E-state index contributed by atoms with van der Waals surface area (Å²) in [7, 11) is -3.63. The lowest BCUT2D eigenvalue weighted by Crippen LogP contribution is -2.28. The van der Waals surface area contributed by atoms with E-state index in [1.54, 1.807) is 12.4 Å². The second kappa shape index (κ2) is 9.18. The molecule has 0 saturated carbocycles. The molecule has 1 aliphatic rings. The molecule has 1 aromatic heterocycles. The zero-order valence-electron chi connectivity index (χ0n) is 16.8. The number of nitrogens with one attached hydrogen (secondary N) is 1. The molecule has 0 atom stereocenters. The van der Waals surface area contributed by atoms with E-state index in [9.17, 15) is 13.2 Å². The second-order valence-corrected chi connectivity index (χ2v) is 9.78. The number of carbonyl (C=O) groups excluding carboxylic acids is 1. The van der Waals surface area contributed by atoms with Crippen LogP contribution in [-0.4, -0.2) is 36.7 Å². The van der Waals surface area contributed by atoms with Gasteiger partial charge in [0.25, 0.3) is 5.91 Å². The average Bonchev–Trinajstić information content (AvgIpc) is 3.32. The van der Waals surface area contributed by atoms with Crippen molar-refractivity contribution in [3.05, 3.63) is 88.7 Å². The van der Waals surface area contributed by atoms with Gasteiger partial charge in [-0.25, -0.2) is 8.42 Å². The fourth-order valence-electron chi connectivity index (χ4n) is 3.56. The highest BCUT2D eigenvalue weighted by atomic mass is 35.5. The first kappa shape index (κ1) is 21.5. The Morgan fingerprint density at radius 3 is 2.29 bits per heavy atom. The van der Waals surface area contributed by atoms with Gasteiger partial charge in [-0.2, -0.15) is 4.31 Å². The fourth-order valence-corrected chi connectivity index (χ4v) is 5.30. The number of halogens is 1. The highest BCUT2D eigenvalue weighted by Crippen LogP contribution is 2.26. The van der Waals surface area contributed by atoms with E-state index in [1.807, 2.05) is 36.4 Å². The summed E-state index contributed by atoms with van der Waals surface area (Å²) in [6.45, 7) is 0.997. The summed E-state index contributed by atoms with van der Waals surface area (Å²) in [4.78, 5) is 16.9. The van der Waals surface area contributed by atoms with Crippen molar-refractivity contribution in [2.24, 2.45) is 0 Å². The highest BCUT2D eigenvalue weighted by Gasteiger charge is 2.28. The molecule has 31 heavy (non-hydrogen) atoms. The van der Waals surface area contributed by atoms with E-state index in [0.717, 1.165) is 30.4 Å². The molecule has 0 bridgehead atoms. The number of benzene rings is 2. The lowest BCUT2D eigenvalue weighted by Gasteiger charge is -2.16. The first-order chi connectivity index (χ1) is 14.9. The van der Waals surface area contributed by atoms with Crippen molar-refractivity contribution in [2.75, 3.05) is 18.4 Å². The monoisotopic (exact) mass is 455 g/mol. The lowest BCUT2D eigenvalue weighted by atomic mass is 10.1. The van der Waals surface area contributed by atoms with Crippen molar-refractivity contribution < 1.29 is 13.2 Å². The normalized spacial score (nSPS) is 14.5. The average molecular weight is 456 g/mol. The van der Waals surface area contributed by atoms with Gasteiger partial charge in [-0.15, -0.1) is 0 Å². The number of nitrogens with zero attached hydrogens (tertiary/aromatic N) is 2. The van der Waals surface area contributed by atoms with Gasteiger partial charge in [-0.05, 0) is 72.9 Å². The number of sulfonamides is 1. The van der Waals surface area contributed by atoms with Gasteiger partial charge in [-0.1, -0.05) is 23.7 Å². The number of hydrogen-bond acceptors (Lipinski definition) is 4. The zero-order chi connectivity index (χ0) is 21.8. The summed E-state index contributed by atoms with van der Waals surface area (Å²) in [6.07, 6.45) is 5.96. The minimum atomic E-state index is -3.63. The molecular weight excluding hydrogens is 434 g/mol. The lowest BCUT2D eigenvalue weighted by molar-refractivity contribution is 0.102. The Labute approximate surface area is 186 Å². The predicted octanol–water partition coefficient (Wildman–Crippen LogP) is 4.36. The quantitative estimate of drug-likeness (QED) is 0.598. The highest BCUT2D eigenvalue weighted by molar-refractivity contribution is 7.89. The minimum Gasteiger partial charge on any atom is -0.322 e. The van der Waals surface area contributed by atoms with E-state index in [-0.39, 0.29) is 15.5 Å². The Morgan fingerprint density at radius 2 is 1.61 bits per heavy atom. The molecule has 0 spiro atoms. The van der Waals surface area contributed by atoms with Crippen molar-refractivity contribution in [1.82, 2.24) is 9.29 Å². The van der Waals surface area contributed by atoms with Gasteiger partial charge in [0.1, 0.15) is 0 Å². The molecule has 0 aliphatic carbocycles. The Balaban J connectivity index is 1.49. The van der Waals surface area contributed by atoms with E-state index in [4.69, 9.17) is 11.6 Å². The van der Waals surface area contributed by atoms with Crippen molar-refractivity contribution in [3.8, 4) is 0 Å². The number of hydrogen-bond donors (Lipinski definition) is 1. The topological polar surface area (TPSA) is 79.4 Å². The summed E-state index contributed by atoms with van der Waals surface area (Å²) in [5, 5.41) is 3.00. The third-order valence-electron chi connectivity index (χ3n) is 5.25. The van der Waals surface area contributed by atoms with Crippen LogP contribution < -0.4 is 5.32 Å². The van der Waals surface area contributed by atoms with Gasteiger partial charge in [0.15, 0.2) is 0 Å². The molecule has 1 N–H and O–H groups in total. The maximum Gasteiger partial charge on any atom is 0.257 e. The summed E-state index contributed by atoms with van der Waals surface area (Å²) < 4.78 is 27.1. The van der Waals surface area contributed by atoms with E-state index in [0.29, 0.717) is 18.8 Å². The molecule has 8 heteroatoms. The van der Waals surface area contributed by atoms with E-state index >= 15 is 0 Å². The van der Waals surface area contributed by atoms with Crippen molar-refractivity contribution in [3.63, 3.8) is 0 Å². The Hall–Kier alpha value is -2.74. The van der Waals surface area contributed by atoms with E-state index < -0.39 is 15.9 Å². The summed E-state index contributed by atoms with van der Waals surface area (Å²) in [6, 6.07) is 15.7. The van der Waals surface area contributed by atoms with Crippen LogP contribution in [-0.2, 0) is 16.4 Å². The van der Waals surface area contributed by atoms with Gasteiger partial charge in [0.2, 0.25) is 10.0 Å². The SMILES string of the molecule is O=C(Nc1ccc(Cc2ccncc2)cc1)c1cc(S(=O)(=O)N2CCCC2)ccc1Cl. The molecular formula is C23H22ClN3O3S. The molecule has 1 fully saturated rings. The largest absolute Gasteiger partial charge is 0.322 e. The second-order valence-electron chi connectivity index (χ2n) is 7.44. The van der Waals surface area contributed by atoms with Crippen LogP contribution in [0.25, 0.3) is 0 Å². The van der Waals surface area contributed by atoms with Crippen molar-refractivity contribution in [1.29, 1.82) is 0 Å². The minimum absolute atomic E-state index is 0.0802. The molecule has 6 nitrogen and oxygen atoms in total. The van der Waals surface area contributed by atoms with E-state index in [1.165, 1.54) is 22.5 Å². The number of aromatic nitrogens is 1. The summed E-state index contributed by atoms with van der Waals surface area (Å²) in [5.74, 6) is -0.453. The van der Waals surface area contributed by atoms with Gasteiger partial charge in [0, 0.05) is 31.2 Å². The number of anilines is 1. The van der Waals surface area contributed by atoms with Gasteiger partial charge in [0.05, 0.1) is 15.5 Å². The molecule has 1 aliphatic heterocycles. The molecule has 4 rings (SSSR count). The van der Waals surface area contributed by atoms with Crippen LogP contribution in [0.2, 0.25) is 5.02 Å². The molecule has 0 unspecified atom stereocenters. The van der Waals surface area contributed by atoms with Gasteiger partial charge >= 0.3 is 0 Å². The molecule has 0 radical (unpaired) electrons. The first-order valence-electron chi connectivity index (χ1n) is 10.0. The number of pyridine rings is 1. The van der Waals surface area contributed by atoms with Crippen LogP contribution in [0.3, 0.4) is 0 Å². The van der Waals surface area contributed by atoms with Gasteiger partial charge in [-0.3, -0.25) is 9.78 Å². The van der Waals surface area contributed by atoms with Crippen molar-refractivity contribution in [2.45, 2.75) is 24.2 Å². The van der Waals surface area contributed by atoms with Crippen LogP contribution in [0.4, 0.5) is 5.69 Å². The molecule has 1 amide bonds. The van der Waals surface area contributed by atoms with Crippen LogP contribution in [0.5, 0.6) is 0 Å². The zero-order valence-corrected chi connectivity index (χ0v) is 18.4. The molecule has 2 heterocycles. The number of amides is 1. The van der Waals surface area contributed by atoms with Crippen LogP contribution in [0.1, 0.15) is 34.3 Å². The molecule has 2 aromatic carbocycles. The number of rotatable bonds is 6. The van der Waals surface area contributed by atoms with Crippen molar-refractivity contribution >= 4 is 33.2 Å². The van der Waals surface area contributed by atoms with Crippen LogP contribution >= 0.6 is 11.6 Å². The Kier molecular flexibility index (Phi) is 6.36. The maximum absolute atomic E-state index is 12.8. The van der Waals surface area contributed by atoms with E-state index in [2.05, 4.69) is 10.3 Å². The Bertz CT molecular complexity index is 1180.